The largest absolute Gasteiger partial charge is 0.497 e. The molecule has 0 saturated carbocycles. The van der Waals surface area contributed by atoms with Crippen molar-refractivity contribution in [2.75, 3.05) is 27.4 Å². The number of rotatable bonds is 9. The Labute approximate surface area is 110 Å². The van der Waals surface area contributed by atoms with Gasteiger partial charge in [-0.15, -0.1) is 0 Å². The van der Waals surface area contributed by atoms with Gasteiger partial charge in [-0.2, -0.15) is 0 Å². The maximum atomic E-state index is 5.21. The molecule has 0 heterocycles. The van der Waals surface area contributed by atoms with Crippen molar-refractivity contribution in [3.63, 3.8) is 0 Å². The van der Waals surface area contributed by atoms with Gasteiger partial charge in [-0.05, 0) is 37.1 Å². The zero-order chi connectivity index (χ0) is 13.2. The van der Waals surface area contributed by atoms with Crippen LogP contribution in [0.5, 0.6) is 5.75 Å². The molecule has 0 radical (unpaired) electrons. The highest BCUT2D eigenvalue weighted by atomic mass is 16.5. The van der Waals surface area contributed by atoms with E-state index in [-0.39, 0.29) is 0 Å². The first-order chi connectivity index (χ1) is 8.80. The highest BCUT2D eigenvalue weighted by Gasteiger charge is 2.05. The van der Waals surface area contributed by atoms with E-state index >= 15 is 0 Å². The van der Waals surface area contributed by atoms with E-state index < -0.39 is 0 Å². The van der Waals surface area contributed by atoms with E-state index in [4.69, 9.17) is 9.47 Å². The van der Waals surface area contributed by atoms with Crippen molar-refractivity contribution in [2.45, 2.75) is 32.2 Å². The topological polar surface area (TPSA) is 30.5 Å². The van der Waals surface area contributed by atoms with Gasteiger partial charge < -0.3 is 14.8 Å². The summed E-state index contributed by atoms with van der Waals surface area (Å²) in [6.45, 7) is 3.98. The van der Waals surface area contributed by atoms with Crippen molar-refractivity contribution < 1.29 is 9.47 Å². The summed E-state index contributed by atoms with van der Waals surface area (Å²) in [6, 6.07) is 8.72. The molecule has 0 amide bonds. The first kappa shape index (κ1) is 15.0. The van der Waals surface area contributed by atoms with Crippen LogP contribution in [0.1, 0.15) is 25.3 Å². The van der Waals surface area contributed by atoms with Gasteiger partial charge in [0.1, 0.15) is 5.75 Å². The number of hydrogen-bond acceptors (Lipinski definition) is 3. The third-order valence-electron chi connectivity index (χ3n) is 3.01. The molecular formula is C15H25NO2. The normalized spacial score (nSPS) is 12.4. The van der Waals surface area contributed by atoms with Gasteiger partial charge in [-0.1, -0.05) is 25.5 Å². The number of hydrogen-bond donors (Lipinski definition) is 1. The molecule has 0 spiro atoms. The fourth-order valence-electron chi connectivity index (χ4n) is 2.01. The van der Waals surface area contributed by atoms with Gasteiger partial charge in [-0.25, -0.2) is 0 Å². The van der Waals surface area contributed by atoms with Gasteiger partial charge in [-0.3, -0.25) is 0 Å². The molecule has 1 rings (SSSR count). The van der Waals surface area contributed by atoms with E-state index in [2.05, 4.69) is 24.4 Å². The molecule has 0 saturated heterocycles. The van der Waals surface area contributed by atoms with Crippen molar-refractivity contribution in [3.8, 4) is 5.75 Å². The van der Waals surface area contributed by atoms with Crippen LogP contribution >= 0.6 is 0 Å². The number of benzene rings is 1. The second-order valence-corrected chi connectivity index (χ2v) is 4.49. The Bertz CT molecular complexity index is 305. The second kappa shape index (κ2) is 8.95. The van der Waals surface area contributed by atoms with Crippen LogP contribution in [0.4, 0.5) is 0 Å². The van der Waals surface area contributed by atoms with Crippen molar-refractivity contribution >= 4 is 0 Å². The first-order valence-corrected chi connectivity index (χ1v) is 6.65. The van der Waals surface area contributed by atoms with Crippen LogP contribution in [0, 0.1) is 0 Å². The molecule has 0 aliphatic heterocycles. The summed E-state index contributed by atoms with van der Waals surface area (Å²) in [7, 11) is 3.45. The van der Waals surface area contributed by atoms with Gasteiger partial charge in [0.15, 0.2) is 0 Å². The van der Waals surface area contributed by atoms with E-state index in [0.717, 1.165) is 31.7 Å². The zero-order valence-electron chi connectivity index (χ0n) is 11.7. The van der Waals surface area contributed by atoms with Crippen LogP contribution in [0.15, 0.2) is 24.3 Å². The molecule has 1 N–H and O–H groups in total. The molecule has 0 aliphatic carbocycles. The van der Waals surface area contributed by atoms with Crippen molar-refractivity contribution in [2.24, 2.45) is 0 Å². The van der Waals surface area contributed by atoms with Crippen LogP contribution in [0.3, 0.4) is 0 Å². The Balaban J connectivity index is 2.30. The molecule has 1 aromatic rings. The molecule has 0 aliphatic rings. The number of ether oxygens (including phenoxy) is 2. The predicted molar refractivity (Wildman–Crippen MR) is 75.3 cm³/mol. The second-order valence-electron chi connectivity index (χ2n) is 4.49. The maximum Gasteiger partial charge on any atom is 0.118 e. The summed E-state index contributed by atoms with van der Waals surface area (Å²) in [4.78, 5) is 0. The molecule has 1 aromatic carbocycles. The quantitative estimate of drug-likeness (QED) is 0.732. The van der Waals surface area contributed by atoms with E-state index in [1.807, 2.05) is 12.1 Å². The van der Waals surface area contributed by atoms with E-state index in [0.29, 0.717) is 6.04 Å². The molecule has 102 valence electrons. The van der Waals surface area contributed by atoms with Crippen molar-refractivity contribution in [3.05, 3.63) is 29.8 Å². The number of nitrogens with one attached hydrogen (secondary N) is 1. The summed E-state index contributed by atoms with van der Waals surface area (Å²) in [5.41, 5.74) is 1.33. The van der Waals surface area contributed by atoms with Gasteiger partial charge in [0.05, 0.1) is 13.7 Å². The molecule has 0 aromatic heterocycles. The zero-order valence-corrected chi connectivity index (χ0v) is 11.7. The fraction of sp³-hybridized carbons (Fsp3) is 0.600. The summed E-state index contributed by atoms with van der Waals surface area (Å²) in [5, 5.41) is 3.54. The lowest BCUT2D eigenvalue weighted by Crippen LogP contribution is -2.34. The lowest BCUT2D eigenvalue weighted by molar-refractivity contribution is 0.162. The maximum absolute atomic E-state index is 5.21. The van der Waals surface area contributed by atoms with E-state index in [9.17, 15) is 0 Å². The Morgan fingerprint density at radius 1 is 1.17 bits per heavy atom. The van der Waals surface area contributed by atoms with Gasteiger partial charge in [0.2, 0.25) is 0 Å². The highest BCUT2D eigenvalue weighted by molar-refractivity contribution is 5.27. The molecule has 18 heavy (non-hydrogen) atoms. The molecule has 3 heteroatoms. The summed E-state index contributed by atoms with van der Waals surface area (Å²) < 4.78 is 10.4. The van der Waals surface area contributed by atoms with Gasteiger partial charge in [0.25, 0.3) is 0 Å². The third-order valence-corrected chi connectivity index (χ3v) is 3.01. The number of methoxy groups -OCH3 is 2. The van der Waals surface area contributed by atoms with Crippen LogP contribution in [0.25, 0.3) is 0 Å². The minimum absolute atomic E-state index is 0.471. The average Bonchev–Trinajstić information content (AvgIpc) is 2.40. The molecule has 3 nitrogen and oxygen atoms in total. The van der Waals surface area contributed by atoms with E-state index in [1.165, 1.54) is 12.0 Å². The fourth-order valence-corrected chi connectivity index (χ4v) is 2.01. The minimum atomic E-state index is 0.471. The van der Waals surface area contributed by atoms with E-state index in [1.54, 1.807) is 14.2 Å². The molecular weight excluding hydrogens is 226 g/mol. The Morgan fingerprint density at radius 3 is 2.44 bits per heavy atom. The highest BCUT2D eigenvalue weighted by Crippen LogP contribution is 2.11. The summed E-state index contributed by atoms with van der Waals surface area (Å²) in [5.74, 6) is 0.912. The molecule has 0 fully saturated rings. The first-order valence-electron chi connectivity index (χ1n) is 6.65. The van der Waals surface area contributed by atoms with Gasteiger partial charge in [0, 0.05) is 13.2 Å². The van der Waals surface area contributed by atoms with Crippen molar-refractivity contribution in [1.29, 1.82) is 0 Å². The average molecular weight is 251 g/mol. The standard InChI is InChI=1S/C15H25NO2/c1-4-5-14(12-17-2)16-11-10-13-6-8-15(18-3)9-7-13/h6-9,14,16H,4-5,10-12H2,1-3H3. The molecule has 1 unspecified atom stereocenters. The molecule has 0 bridgehead atoms. The monoisotopic (exact) mass is 251 g/mol. The Morgan fingerprint density at radius 2 is 1.89 bits per heavy atom. The third kappa shape index (κ3) is 5.52. The van der Waals surface area contributed by atoms with Crippen molar-refractivity contribution in [1.82, 2.24) is 5.32 Å². The Hall–Kier alpha value is -1.06. The predicted octanol–water partition coefficient (Wildman–Crippen LogP) is 2.64. The minimum Gasteiger partial charge on any atom is -0.497 e. The van der Waals surface area contributed by atoms with Gasteiger partial charge >= 0.3 is 0 Å². The van der Waals surface area contributed by atoms with Crippen LogP contribution in [-0.4, -0.2) is 33.4 Å². The smallest absolute Gasteiger partial charge is 0.118 e. The summed E-state index contributed by atoms with van der Waals surface area (Å²) >= 11 is 0. The lowest BCUT2D eigenvalue weighted by Gasteiger charge is -2.17. The Kier molecular flexibility index (Phi) is 7.46. The molecule has 1 atom stereocenters. The van der Waals surface area contributed by atoms with Crippen LogP contribution < -0.4 is 10.1 Å². The summed E-state index contributed by atoms with van der Waals surface area (Å²) in [6.07, 6.45) is 3.38. The lowest BCUT2D eigenvalue weighted by atomic mass is 10.1. The SMILES string of the molecule is CCCC(COC)NCCc1ccc(OC)cc1. The van der Waals surface area contributed by atoms with Crippen LogP contribution in [0.2, 0.25) is 0 Å². The van der Waals surface area contributed by atoms with Crippen LogP contribution in [-0.2, 0) is 11.2 Å².